The van der Waals surface area contributed by atoms with Crippen molar-refractivity contribution in [3.05, 3.63) is 121 Å². The van der Waals surface area contributed by atoms with Crippen molar-refractivity contribution >= 4 is 49.3 Å². The standard InChI is InChI=1S/C16H13.C13H9.2ClH.Zr/c1-12-10-14-8-5-9-15(16(14)11-12)13-6-3-2-4-7-13;1-3-7-12-10(5-1)9-11-6-2-4-8-13(11)12;;;/h2-11H,1H3;1-9H;2*1H;/q2*-1;;;+4/p-2. The molecule has 6 aromatic rings. The zero-order chi connectivity index (χ0) is 22.3. The van der Waals surface area contributed by atoms with Crippen LogP contribution < -0.4 is 0 Å². The molecule has 0 aliphatic heterocycles. The fourth-order valence-electron chi connectivity index (χ4n) is 4.16. The van der Waals surface area contributed by atoms with E-state index in [1.54, 1.807) is 0 Å². The van der Waals surface area contributed by atoms with Crippen molar-refractivity contribution in [3.8, 4) is 11.1 Å². The van der Waals surface area contributed by atoms with E-state index in [9.17, 15) is 0 Å². The molecule has 6 rings (SSSR count). The predicted octanol–water partition coefficient (Wildman–Crippen LogP) is 9.62. The molecular weight excluding hydrogens is 510 g/mol. The Morgan fingerprint density at radius 2 is 1.06 bits per heavy atom. The zero-order valence-corrected chi connectivity index (χ0v) is 21.7. The van der Waals surface area contributed by atoms with Gasteiger partial charge >= 0.3 is 37.9 Å². The molecule has 0 unspecified atom stereocenters. The van der Waals surface area contributed by atoms with Gasteiger partial charge < -0.3 is 0 Å². The first kappa shape index (κ1) is 23.0. The summed E-state index contributed by atoms with van der Waals surface area (Å²) in [6.07, 6.45) is 0. The fraction of sp³-hybridized carbons (Fsp3) is 0.0345. The molecule has 3 heteroatoms. The minimum absolute atomic E-state index is 0.826. The van der Waals surface area contributed by atoms with Crippen LogP contribution in [-0.4, -0.2) is 0 Å². The molecule has 0 radical (unpaired) electrons. The topological polar surface area (TPSA) is 0 Å². The third-order valence-corrected chi connectivity index (χ3v) is 5.50. The molecule has 0 atom stereocenters. The molecule has 0 bridgehead atoms. The summed E-state index contributed by atoms with van der Waals surface area (Å²) in [6.45, 7) is 2.15. The Morgan fingerprint density at radius 1 is 0.562 bits per heavy atom. The van der Waals surface area contributed by atoms with Crippen LogP contribution in [0, 0.1) is 6.92 Å². The van der Waals surface area contributed by atoms with Gasteiger partial charge in [0, 0.05) is 0 Å². The molecule has 0 aliphatic rings. The van der Waals surface area contributed by atoms with E-state index in [4.69, 9.17) is 17.0 Å². The molecular formula is C29H22Cl2Zr. The molecule has 0 nitrogen and oxygen atoms in total. The molecule has 0 fully saturated rings. The number of halogens is 2. The summed E-state index contributed by atoms with van der Waals surface area (Å²) in [4.78, 5) is 0. The summed E-state index contributed by atoms with van der Waals surface area (Å²) >= 11 is -0.826. The van der Waals surface area contributed by atoms with Gasteiger partial charge in [0.05, 0.1) is 0 Å². The van der Waals surface area contributed by atoms with Crippen LogP contribution in [0.1, 0.15) is 5.56 Å². The van der Waals surface area contributed by atoms with Crippen molar-refractivity contribution in [1.29, 1.82) is 0 Å². The molecule has 0 N–H and O–H groups in total. The van der Waals surface area contributed by atoms with Gasteiger partial charge in [-0.2, -0.15) is 6.07 Å². The molecule has 0 aromatic heterocycles. The summed E-state index contributed by atoms with van der Waals surface area (Å²) in [5, 5.41) is 8.08. The number of hydrogen-bond donors (Lipinski definition) is 0. The summed E-state index contributed by atoms with van der Waals surface area (Å²) in [5.41, 5.74) is 3.95. The molecule has 32 heavy (non-hydrogen) atoms. The summed E-state index contributed by atoms with van der Waals surface area (Å²) in [5.74, 6) is 0. The second-order valence-corrected chi connectivity index (χ2v) is 11.3. The van der Waals surface area contributed by atoms with E-state index in [2.05, 4.69) is 122 Å². The third-order valence-electron chi connectivity index (χ3n) is 5.50. The first-order valence-corrected chi connectivity index (χ1v) is 16.7. The van der Waals surface area contributed by atoms with Crippen LogP contribution >= 0.6 is 17.0 Å². The zero-order valence-electron chi connectivity index (χ0n) is 17.7. The van der Waals surface area contributed by atoms with Crippen molar-refractivity contribution in [2.24, 2.45) is 0 Å². The number of benzene rings is 4. The maximum Gasteiger partial charge on any atom is -0.0771 e. The Balaban J connectivity index is 0.000000139. The van der Waals surface area contributed by atoms with Gasteiger partial charge in [0.1, 0.15) is 0 Å². The Hall–Kier alpha value is -2.18. The molecule has 0 heterocycles. The second-order valence-electron chi connectivity index (χ2n) is 7.60. The Labute approximate surface area is 207 Å². The van der Waals surface area contributed by atoms with E-state index < -0.39 is 20.8 Å². The molecule has 156 valence electrons. The van der Waals surface area contributed by atoms with Gasteiger partial charge in [0.25, 0.3) is 0 Å². The Kier molecular flexibility index (Phi) is 7.98. The first-order valence-electron chi connectivity index (χ1n) is 10.4. The monoisotopic (exact) mass is 530 g/mol. The molecule has 0 spiro atoms. The van der Waals surface area contributed by atoms with Crippen LogP contribution in [-0.2, 0) is 20.8 Å². The van der Waals surface area contributed by atoms with Gasteiger partial charge in [-0.05, 0) is 5.56 Å². The van der Waals surface area contributed by atoms with Gasteiger partial charge in [-0.1, -0.05) is 85.3 Å². The smallest absolute Gasteiger partial charge is 0.0771 e. The van der Waals surface area contributed by atoms with Crippen LogP contribution in [0.2, 0.25) is 0 Å². The predicted molar refractivity (Wildman–Crippen MR) is 138 cm³/mol. The van der Waals surface area contributed by atoms with E-state index in [0.717, 1.165) is 0 Å². The normalized spacial score (nSPS) is 10.2. The average Bonchev–Trinajstić information content (AvgIpc) is 3.40. The quantitative estimate of drug-likeness (QED) is 0.185. The largest absolute Gasteiger partial charge is 0.126 e. The molecule has 0 amide bonds. The van der Waals surface area contributed by atoms with E-state index in [-0.39, 0.29) is 0 Å². The fourth-order valence-corrected chi connectivity index (χ4v) is 4.16. The number of aryl methyl sites for hydroxylation is 1. The van der Waals surface area contributed by atoms with Gasteiger partial charge in [-0.15, -0.1) is 74.3 Å². The number of rotatable bonds is 1. The van der Waals surface area contributed by atoms with E-state index >= 15 is 0 Å². The summed E-state index contributed by atoms with van der Waals surface area (Å²) in [7, 11) is 9.87. The maximum atomic E-state index is 4.93. The number of hydrogen-bond acceptors (Lipinski definition) is 0. The van der Waals surface area contributed by atoms with Gasteiger partial charge in [0.2, 0.25) is 0 Å². The third kappa shape index (κ3) is 5.24. The van der Waals surface area contributed by atoms with Crippen molar-refractivity contribution in [2.75, 3.05) is 0 Å². The van der Waals surface area contributed by atoms with Crippen LogP contribution in [0.15, 0.2) is 115 Å². The van der Waals surface area contributed by atoms with Gasteiger partial charge in [0.15, 0.2) is 0 Å². The van der Waals surface area contributed by atoms with Crippen LogP contribution in [0.3, 0.4) is 0 Å². The van der Waals surface area contributed by atoms with E-state index in [0.29, 0.717) is 0 Å². The van der Waals surface area contributed by atoms with Crippen molar-refractivity contribution in [3.63, 3.8) is 0 Å². The molecule has 6 aromatic carbocycles. The van der Waals surface area contributed by atoms with Crippen LogP contribution in [0.5, 0.6) is 0 Å². The van der Waals surface area contributed by atoms with Gasteiger partial charge in [-0.3, -0.25) is 0 Å². The van der Waals surface area contributed by atoms with Crippen LogP contribution in [0.25, 0.3) is 43.4 Å². The van der Waals surface area contributed by atoms with E-state index in [1.807, 2.05) is 0 Å². The summed E-state index contributed by atoms with van der Waals surface area (Å²) in [6, 6.07) is 40.8. The molecule has 0 aliphatic carbocycles. The summed E-state index contributed by atoms with van der Waals surface area (Å²) < 4.78 is 0. The molecule has 0 saturated heterocycles. The van der Waals surface area contributed by atoms with Crippen molar-refractivity contribution in [2.45, 2.75) is 6.92 Å². The maximum absolute atomic E-state index is 4.93. The second kappa shape index (κ2) is 11.1. The Bertz CT molecular complexity index is 1380. The SMILES string of the molecule is Cc1cc2c(-c3ccccc3)cccc2[cH-]1.[Cl][Zr+2][Cl].c1ccc2c(c1)[cH-]c1ccccc12. The van der Waals surface area contributed by atoms with E-state index in [1.165, 1.54) is 49.0 Å². The van der Waals surface area contributed by atoms with Gasteiger partial charge in [-0.25, -0.2) is 0 Å². The van der Waals surface area contributed by atoms with Crippen LogP contribution in [0.4, 0.5) is 0 Å². The first-order chi connectivity index (χ1) is 15.7. The molecule has 0 saturated carbocycles. The van der Waals surface area contributed by atoms with Crippen molar-refractivity contribution < 1.29 is 20.8 Å². The minimum Gasteiger partial charge on any atom is -0.126 e. The average molecular weight is 533 g/mol. The number of fused-ring (bicyclic) bond motifs is 4. The van der Waals surface area contributed by atoms with Crippen molar-refractivity contribution in [1.82, 2.24) is 0 Å². The Morgan fingerprint density at radius 3 is 1.69 bits per heavy atom. The minimum atomic E-state index is -0.826.